The van der Waals surface area contributed by atoms with Crippen LogP contribution in [0.4, 0.5) is 0 Å². The minimum atomic E-state index is -0.764. The molecule has 4 saturated carbocycles. The van der Waals surface area contributed by atoms with Crippen LogP contribution in [-0.2, 0) is 23.9 Å². The molecular weight excluding hydrogens is 496 g/mol. The van der Waals surface area contributed by atoms with Crippen LogP contribution in [0, 0.1) is 46.3 Å². The molecule has 4 rings (SSSR count). The zero-order chi connectivity index (χ0) is 28.5. The van der Waals surface area contributed by atoms with E-state index in [1.54, 1.807) is 0 Å². The number of amides is 1. The molecule has 0 aromatic rings. The molecule has 11 atom stereocenters. The number of esters is 2. The molecule has 4 fully saturated rings. The van der Waals surface area contributed by atoms with Crippen LogP contribution >= 0.6 is 0 Å². The van der Waals surface area contributed by atoms with E-state index in [0.717, 1.165) is 38.5 Å². The van der Waals surface area contributed by atoms with E-state index >= 15 is 0 Å². The lowest BCUT2D eigenvalue weighted by Gasteiger charge is -2.62. The summed E-state index contributed by atoms with van der Waals surface area (Å²) in [5, 5.41) is 15.0. The van der Waals surface area contributed by atoms with Gasteiger partial charge in [0.15, 0.2) is 0 Å². The first kappa shape index (κ1) is 30.3. The molecule has 0 unspecified atom stereocenters. The van der Waals surface area contributed by atoms with Gasteiger partial charge in [0.25, 0.3) is 0 Å². The van der Waals surface area contributed by atoms with Crippen molar-refractivity contribution in [3.8, 4) is 0 Å². The highest BCUT2D eigenvalue weighted by Gasteiger charge is 2.63. The van der Waals surface area contributed by atoms with Crippen LogP contribution in [0.5, 0.6) is 0 Å². The molecule has 0 radical (unpaired) electrons. The molecule has 8 heteroatoms. The number of hydrogen-bond acceptors (Lipinski definition) is 7. The van der Waals surface area contributed by atoms with E-state index in [0.29, 0.717) is 41.9 Å². The van der Waals surface area contributed by atoms with Crippen LogP contribution in [-0.4, -0.2) is 55.4 Å². The van der Waals surface area contributed by atoms with Gasteiger partial charge in [-0.05, 0) is 111 Å². The summed E-state index contributed by atoms with van der Waals surface area (Å²) >= 11 is 0. The predicted molar refractivity (Wildman–Crippen MR) is 148 cm³/mol. The number of hydrogen-bond donors (Lipinski definition) is 3. The Balaban J connectivity index is 1.37. The van der Waals surface area contributed by atoms with Crippen LogP contribution in [0.1, 0.15) is 97.8 Å². The molecule has 0 aromatic heterocycles. The second-order valence-electron chi connectivity index (χ2n) is 13.8. The van der Waals surface area contributed by atoms with E-state index < -0.39 is 12.0 Å². The van der Waals surface area contributed by atoms with Crippen LogP contribution in [0.25, 0.3) is 0 Å². The highest BCUT2D eigenvalue weighted by Crippen LogP contribution is 2.68. The first-order valence-electron chi connectivity index (χ1n) is 15.3. The number of rotatable bonds is 9. The van der Waals surface area contributed by atoms with Gasteiger partial charge in [-0.15, -0.1) is 0 Å². The van der Waals surface area contributed by atoms with Crippen LogP contribution in [0.3, 0.4) is 0 Å². The first-order chi connectivity index (χ1) is 18.4. The van der Waals surface area contributed by atoms with Crippen LogP contribution in [0.15, 0.2) is 0 Å². The molecule has 0 spiro atoms. The largest absolute Gasteiger partial charge is 0.469 e. The molecule has 4 N–H and O–H groups in total. The van der Waals surface area contributed by atoms with Gasteiger partial charge in [0.05, 0.1) is 20.3 Å². The maximum absolute atomic E-state index is 12.6. The summed E-state index contributed by atoms with van der Waals surface area (Å²) in [4.78, 5) is 35.9. The number of carbonyl (C=O) groups excluding carboxylic acids is 3. The van der Waals surface area contributed by atoms with Crippen LogP contribution < -0.4 is 11.1 Å². The number of carbonyl (C=O) groups is 3. The van der Waals surface area contributed by atoms with Gasteiger partial charge in [-0.1, -0.05) is 20.8 Å². The highest BCUT2D eigenvalue weighted by atomic mass is 16.5. The summed E-state index contributed by atoms with van der Waals surface area (Å²) in [5.74, 6) is 2.39. The number of fused-ring (bicyclic) bond motifs is 5. The van der Waals surface area contributed by atoms with E-state index in [1.807, 2.05) is 0 Å². The van der Waals surface area contributed by atoms with Crippen molar-refractivity contribution in [3.05, 3.63) is 0 Å². The van der Waals surface area contributed by atoms with Crippen molar-refractivity contribution in [2.75, 3.05) is 14.2 Å². The molecule has 4 aliphatic rings. The maximum atomic E-state index is 12.6. The van der Waals surface area contributed by atoms with Crippen molar-refractivity contribution in [2.24, 2.45) is 52.1 Å². The van der Waals surface area contributed by atoms with Gasteiger partial charge < -0.3 is 25.6 Å². The fraction of sp³-hybridized carbons (Fsp3) is 0.903. The third kappa shape index (κ3) is 5.74. The van der Waals surface area contributed by atoms with Crippen molar-refractivity contribution in [3.63, 3.8) is 0 Å². The summed E-state index contributed by atoms with van der Waals surface area (Å²) in [5.41, 5.74) is 5.90. The van der Waals surface area contributed by atoms with Gasteiger partial charge in [-0.3, -0.25) is 14.4 Å². The van der Waals surface area contributed by atoms with Crippen molar-refractivity contribution in [1.29, 1.82) is 0 Å². The molecule has 4 aliphatic carbocycles. The quantitative estimate of drug-likeness (QED) is 0.372. The highest BCUT2D eigenvalue weighted by molar-refractivity contribution is 5.79. The number of nitrogens with two attached hydrogens (primary N) is 1. The topological polar surface area (TPSA) is 128 Å². The minimum Gasteiger partial charge on any atom is -0.469 e. The third-order valence-electron chi connectivity index (χ3n) is 12.1. The zero-order valence-corrected chi connectivity index (χ0v) is 24.7. The Kier molecular flexibility index (Phi) is 9.36. The molecule has 39 heavy (non-hydrogen) atoms. The van der Waals surface area contributed by atoms with Gasteiger partial charge in [0.1, 0.15) is 6.04 Å². The molecule has 0 aromatic carbocycles. The Labute approximate surface area is 234 Å². The van der Waals surface area contributed by atoms with Crippen molar-refractivity contribution < 1.29 is 29.0 Å². The van der Waals surface area contributed by atoms with E-state index in [4.69, 9.17) is 10.5 Å². The monoisotopic (exact) mass is 548 g/mol. The average Bonchev–Trinajstić information content (AvgIpc) is 3.29. The normalized spacial score (nSPS) is 40.8. The second-order valence-corrected chi connectivity index (χ2v) is 13.8. The Hall–Kier alpha value is -1.67. The van der Waals surface area contributed by atoms with E-state index in [2.05, 4.69) is 30.8 Å². The summed E-state index contributed by atoms with van der Waals surface area (Å²) in [7, 11) is 2.76. The molecule has 8 nitrogen and oxygen atoms in total. The van der Waals surface area contributed by atoms with E-state index in [-0.39, 0.29) is 47.7 Å². The number of nitrogens with one attached hydrogen (secondary N) is 1. The second kappa shape index (κ2) is 12.1. The molecule has 0 aliphatic heterocycles. The Bertz CT molecular complexity index is 912. The fourth-order valence-electron chi connectivity index (χ4n) is 9.82. The summed E-state index contributed by atoms with van der Waals surface area (Å²) < 4.78 is 9.54. The van der Waals surface area contributed by atoms with Crippen molar-refractivity contribution in [1.82, 2.24) is 5.32 Å². The summed E-state index contributed by atoms with van der Waals surface area (Å²) in [6.45, 7) is 7.07. The third-order valence-corrected chi connectivity index (χ3v) is 12.1. The predicted octanol–water partition coefficient (Wildman–Crippen LogP) is 3.97. The summed E-state index contributed by atoms with van der Waals surface area (Å²) in [6, 6.07) is -0.605. The molecule has 0 bridgehead atoms. The standard InChI is InChI=1S/C31H52N2O6/c1-18(6-13-28(36)38-4)22-9-10-23-21-8-7-19-16-20(33-27(35)12-11-25(32)29(37)39-5)14-15-30(19,2)24(21)17-26(34)31(22,23)3/h18-26,34H,6-17,32H2,1-5H3,(H,33,35)/t18-,19-,20+,21+,22-,23+,24+,25+,26+,30+,31-/m1/s1. The minimum absolute atomic E-state index is 0.0428. The smallest absolute Gasteiger partial charge is 0.322 e. The van der Waals surface area contributed by atoms with Gasteiger partial charge in [0.2, 0.25) is 5.91 Å². The Morgan fingerprint density at radius 2 is 1.72 bits per heavy atom. The van der Waals surface area contributed by atoms with Gasteiger partial charge in [-0.2, -0.15) is 0 Å². The maximum Gasteiger partial charge on any atom is 0.322 e. The number of methoxy groups -OCH3 is 2. The van der Waals surface area contributed by atoms with Gasteiger partial charge in [0, 0.05) is 18.9 Å². The average molecular weight is 549 g/mol. The van der Waals surface area contributed by atoms with Gasteiger partial charge in [-0.25, -0.2) is 0 Å². The molecular formula is C31H52N2O6. The fourth-order valence-corrected chi connectivity index (χ4v) is 9.82. The molecule has 0 saturated heterocycles. The lowest BCUT2D eigenvalue weighted by atomic mass is 9.43. The zero-order valence-electron chi connectivity index (χ0n) is 24.7. The van der Waals surface area contributed by atoms with Crippen LogP contribution in [0.2, 0.25) is 0 Å². The van der Waals surface area contributed by atoms with Gasteiger partial charge >= 0.3 is 11.9 Å². The summed E-state index contributed by atoms with van der Waals surface area (Å²) in [6.07, 6.45) is 10.1. The first-order valence-corrected chi connectivity index (χ1v) is 15.3. The molecule has 1 amide bonds. The SMILES string of the molecule is COC(=O)CC[C@@H](C)[C@H]1CC[C@H]2[C@@H]3CC[C@@H]4C[C@@H](NC(=O)CC[C@H](N)C(=O)OC)CC[C@]4(C)[C@H]3C[C@H](O)[C@]12C. The Morgan fingerprint density at radius 1 is 0.974 bits per heavy atom. The van der Waals surface area contributed by atoms with E-state index in [9.17, 15) is 19.5 Å². The van der Waals surface area contributed by atoms with Crippen molar-refractivity contribution in [2.45, 2.75) is 116 Å². The lowest BCUT2D eigenvalue weighted by Crippen LogP contribution is -2.59. The number of aliphatic hydroxyl groups is 1. The molecule has 0 heterocycles. The number of ether oxygens (including phenoxy) is 2. The lowest BCUT2D eigenvalue weighted by molar-refractivity contribution is -0.170. The molecule has 222 valence electrons. The number of aliphatic hydroxyl groups excluding tert-OH is 1. The van der Waals surface area contributed by atoms with E-state index in [1.165, 1.54) is 33.5 Å². The Morgan fingerprint density at radius 3 is 2.41 bits per heavy atom. The van der Waals surface area contributed by atoms with Crippen molar-refractivity contribution >= 4 is 17.8 Å².